The van der Waals surface area contributed by atoms with Crippen molar-refractivity contribution < 1.29 is 4.74 Å². The number of nitrogens with zero attached hydrogens (tertiary/aromatic N) is 2. The Balaban J connectivity index is 3.16. The standard InChI is InChI=1S/C12H21N3O/c1-6-9-8(4)14-12(15-11(9)13)10(16-5)7(2)3/h7,10H,6H2,1-5H3,(H2,13,14,15). The normalized spacial score (nSPS) is 13.1. The quantitative estimate of drug-likeness (QED) is 0.850. The minimum absolute atomic E-state index is 0.0908. The van der Waals surface area contributed by atoms with Gasteiger partial charge in [0.25, 0.3) is 0 Å². The average Bonchev–Trinajstić information content (AvgIpc) is 2.17. The van der Waals surface area contributed by atoms with Crippen molar-refractivity contribution in [3.8, 4) is 0 Å². The third-order valence-electron chi connectivity index (χ3n) is 2.73. The highest BCUT2D eigenvalue weighted by Crippen LogP contribution is 2.24. The van der Waals surface area contributed by atoms with E-state index < -0.39 is 0 Å². The Hall–Kier alpha value is -1.16. The minimum atomic E-state index is -0.0908. The number of anilines is 1. The molecule has 0 aliphatic heterocycles. The van der Waals surface area contributed by atoms with E-state index in [9.17, 15) is 0 Å². The lowest BCUT2D eigenvalue weighted by Gasteiger charge is -2.19. The van der Waals surface area contributed by atoms with Crippen LogP contribution in [0.15, 0.2) is 0 Å². The molecule has 90 valence electrons. The first-order valence-corrected chi connectivity index (χ1v) is 5.66. The molecule has 0 spiro atoms. The number of nitrogens with two attached hydrogens (primary N) is 1. The van der Waals surface area contributed by atoms with E-state index in [-0.39, 0.29) is 6.10 Å². The third-order valence-corrected chi connectivity index (χ3v) is 2.73. The van der Waals surface area contributed by atoms with Crippen LogP contribution in [-0.4, -0.2) is 17.1 Å². The van der Waals surface area contributed by atoms with Crippen LogP contribution in [0.1, 0.15) is 44.0 Å². The number of rotatable bonds is 4. The Morgan fingerprint density at radius 2 is 1.94 bits per heavy atom. The maximum absolute atomic E-state index is 5.92. The van der Waals surface area contributed by atoms with Gasteiger partial charge in [-0.05, 0) is 19.3 Å². The van der Waals surface area contributed by atoms with E-state index in [0.29, 0.717) is 17.6 Å². The Morgan fingerprint density at radius 3 is 2.31 bits per heavy atom. The highest BCUT2D eigenvalue weighted by molar-refractivity contribution is 5.42. The molecule has 0 radical (unpaired) electrons. The zero-order chi connectivity index (χ0) is 12.3. The molecule has 0 aliphatic rings. The molecule has 4 heteroatoms. The summed E-state index contributed by atoms with van der Waals surface area (Å²) in [5, 5.41) is 0. The van der Waals surface area contributed by atoms with Gasteiger partial charge in [0, 0.05) is 18.4 Å². The van der Waals surface area contributed by atoms with E-state index >= 15 is 0 Å². The Bertz CT molecular complexity index is 340. The third kappa shape index (κ3) is 2.50. The van der Waals surface area contributed by atoms with Crippen LogP contribution in [0.3, 0.4) is 0 Å². The van der Waals surface area contributed by atoms with E-state index in [1.165, 1.54) is 0 Å². The zero-order valence-electron chi connectivity index (χ0n) is 10.7. The van der Waals surface area contributed by atoms with Gasteiger partial charge in [-0.25, -0.2) is 9.97 Å². The summed E-state index contributed by atoms with van der Waals surface area (Å²) < 4.78 is 5.40. The van der Waals surface area contributed by atoms with Gasteiger partial charge < -0.3 is 10.5 Å². The van der Waals surface area contributed by atoms with E-state index in [1.54, 1.807) is 7.11 Å². The summed E-state index contributed by atoms with van der Waals surface area (Å²) in [6.07, 6.45) is 0.768. The molecule has 1 aromatic rings. The van der Waals surface area contributed by atoms with Crippen LogP contribution in [-0.2, 0) is 11.2 Å². The van der Waals surface area contributed by atoms with Crippen LogP contribution in [0.25, 0.3) is 0 Å². The van der Waals surface area contributed by atoms with Crippen molar-refractivity contribution in [1.29, 1.82) is 0 Å². The monoisotopic (exact) mass is 223 g/mol. The Kier molecular flexibility index (Phi) is 4.24. The number of hydrogen-bond acceptors (Lipinski definition) is 4. The molecule has 0 aromatic carbocycles. The molecule has 0 amide bonds. The van der Waals surface area contributed by atoms with Crippen molar-refractivity contribution >= 4 is 5.82 Å². The summed E-state index contributed by atoms with van der Waals surface area (Å²) in [7, 11) is 1.67. The Morgan fingerprint density at radius 1 is 1.31 bits per heavy atom. The molecule has 0 bridgehead atoms. The molecule has 1 unspecified atom stereocenters. The maximum Gasteiger partial charge on any atom is 0.159 e. The molecule has 1 atom stereocenters. The molecule has 0 aliphatic carbocycles. The fourth-order valence-corrected chi connectivity index (χ4v) is 1.88. The second-order valence-corrected chi connectivity index (χ2v) is 4.28. The summed E-state index contributed by atoms with van der Waals surface area (Å²) in [6.45, 7) is 8.18. The smallest absolute Gasteiger partial charge is 0.159 e. The van der Waals surface area contributed by atoms with Crippen LogP contribution in [0.2, 0.25) is 0 Å². The number of methoxy groups -OCH3 is 1. The summed E-state index contributed by atoms with van der Waals surface area (Å²) in [5.74, 6) is 1.59. The highest BCUT2D eigenvalue weighted by atomic mass is 16.5. The van der Waals surface area contributed by atoms with Gasteiger partial charge in [0.05, 0.1) is 0 Å². The van der Waals surface area contributed by atoms with Gasteiger partial charge in [-0.2, -0.15) is 0 Å². The molecule has 2 N–H and O–H groups in total. The van der Waals surface area contributed by atoms with Gasteiger partial charge in [-0.15, -0.1) is 0 Å². The number of aryl methyl sites for hydroxylation is 1. The van der Waals surface area contributed by atoms with Gasteiger partial charge in [0.2, 0.25) is 0 Å². The number of aromatic nitrogens is 2. The van der Waals surface area contributed by atoms with Crippen LogP contribution in [0.5, 0.6) is 0 Å². The molecule has 4 nitrogen and oxygen atoms in total. The number of hydrogen-bond donors (Lipinski definition) is 1. The molecular weight excluding hydrogens is 202 g/mol. The fourth-order valence-electron chi connectivity index (χ4n) is 1.88. The van der Waals surface area contributed by atoms with Crippen LogP contribution < -0.4 is 5.73 Å². The lowest BCUT2D eigenvalue weighted by molar-refractivity contribution is 0.0574. The van der Waals surface area contributed by atoms with Crippen LogP contribution >= 0.6 is 0 Å². The first kappa shape index (κ1) is 12.9. The van der Waals surface area contributed by atoms with Crippen molar-refractivity contribution in [2.45, 2.75) is 40.2 Å². The molecule has 0 saturated heterocycles. The summed E-state index contributed by atoms with van der Waals surface area (Å²) >= 11 is 0. The van der Waals surface area contributed by atoms with Gasteiger partial charge >= 0.3 is 0 Å². The number of nitrogen functional groups attached to an aromatic ring is 1. The lowest BCUT2D eigenvalue weighted by Crippen LogP contribution is -2.16. The van der Waals surface area contributed by atoms with Crippen molar-refractivity contribution in [3.63, 3.8) is 0 Å². The molecule has 1 rings (SSSR count). The van der Waals surface area contributed by atoms with Gasteiger partial charge in [0.15, 0.2) is 5.82 Å². The average molecular weight is 223 g/mol. The Labute approximate surface area is 97.2 Å². The van der Waals surface area contributed by atoms with Crippen molar-refractivity contribution in [2.75, 3.05) is 12.8 Å². The molecule has 0 saturated carbocycles. The predicted octanol–water partition coefficient (Wildman–Crippen LogP) is 2.27. The van der Waals surface area contributed by atoms with E-state index in [4.69, 9.17) is 10.5 Å². The fraction of sp³-hybridized carbons (Fsp3) is 0.667. The molecule has 1 aromatic heterocycles. The topological polar surface area (TPSA) is 61.0 Å². The first-order chi connectivity index (χ1) is 7.51. The minimum Gasteiger partial charge on any atom is -0.383 e. The van der Waals surface area contributed by atoms with Crippen LogP contribution in [0.4, 0.5) is 5.82 Å². The predicted molar refractivity (Wildman–Crippen MR) is 65.1 cm³/mol. The molecule has 16 heavy (non-hydrogen) atoms. The van der Waals surface area contributed by atoms with Crippen LogP contribution in [0, 0.1) is 12.8 Å². The second-order valence-electron chi connectivity index (χ2n) is 4.28. The lowest BCUT2D eigenvalue weighted by atomic mass is 10.1. The second kappa shape index (κ2) is 5.25. The number of ether oxygens (including phenoxy) is 1. The van der Waals surface area contributed by atoms with Gasteiger partial charge in [0.1, 0.15) is 11.9 Å². The zero-order valence-corrected chi connectivity index (χ0v) is 10.7. The first-order valence-electron chi connectivity index (χ1n) is 5.66. The molecular formula is C12H21N3O. The van der Waals surface area contributed by atoms with Crippen molar-refractivity contribution in [3.05, 3.63) is 17.1 Å². The summed E-state index contributed by atoms with van der Waals surface area (Å²) in [4.78, 5) is 8.82. The van der Waals surface area contributed by atoms with Crippen molar-refractivity contribution in [1.82, 2.24) is 9.97 Å². The largest absolute Gasteiger partial charge is 0.383 e. The van der Waals surface area contributed by atoms with Crippen molar-refractivity contribution in [2.24, 2.45) is 5.92 Å². The SMILES string of the molecule is CCc1c(C)nc(C(OC)C(C)C)nc1N. The van der Waals surface area contributed by atoms with E-state index in [0.717, 1.165) is 17.7 Å². The van der Waals surface area contributed by atoms with Gasteiger partial charge in [-0.1, -0.05) is 20.8 Å². The van der Waals surface area contributed by atoms with E-state index in [2.05, 4.69) is 30.7 Å². The summed E-state index contributed by atoms with van der Waals surface area (Å²) in [6, 6.07) is 0. The molecule has 0 fully saturated rings. The maximum atomic E-state index is 5.92. The van der Waals surface area contributed by atoms with E-state index in [1.807, 2.05) is 6.92 Å². The van der Waals surface area contributed by atoms with Gasteiger partial charge in [-0.3, -0.25) is 0 Å². The summed E-state index contributed by atoms with van der Waals surface area (Å²) in [5.41, 5.74) is 7.90. The highest BCUT2D eigenvalue weighted by Gasteiger charge is 2.20. The molecule has 1 heterocycles.